The number of carboxylic acids is 1. The Morgan fingerprint density at radius 1 is 0.603 bits per heavy atom. The Hall–Kier alpha value is -13.3. The highest BCUT2D eigenvalue weighted by atomic mass is 19.1. The van der Waals surface area contributed by atoms with Crippen LogP contribution in [-0.4, -0.2) is 260 Å². The summed E-state index contributed by atoms with van der Waals surface area (Å²) in [6, 6.07) is 12.8. The molecule has 7 aromatic rings. The molecule has 0 radical (unpaired) electrons. The second-order valence-electron chi connectivity index (χ2n) is 32.1. The van der Waals surface area contributed by atoms with E-state index in [2.05, 4.69) is 57.8 Å². The zero-order valence-corrected chi connectivity index (χ0v) is 71.1. The van der Waals surface area contributed by atoms with Crippen LogP contribution in [0.2, 0.25) is 0 Å². The van der Waals surface area contributed by atoms with E-state index in [0.29, 0.717) is 75.3 Å². The number of phenols is 2. The van der Waals surface area contributed by atoms with Gasteiger partial charge in [0, 0.05) is 121 Å². The Kier molecular flexibility index (Phi) is 35.5. The largest absolute Gasteiger partial charge is 0.508 e. The number of aryl methyl sites for hydroxylation is 1. The third kappa shape index (κ3) is 27.6. The van der Waals surface area contributed by atoms with Gasteiger partial charge in [-0.25, -0.2) is 4.39 Å². The topological polar surface area (TPSA) is 542 Å². The number of aliphatic carboxylic acids is 1. The first-order valence-electron chi connectivity index (χ1n) is 42.1. The number of aliphatic hydroxyl groups is 1. The van der Waals surface area contributed by atoms with Crippen molar-refractivity contribution in [3.63, 3.8) is 0 Å². The van der Waals surface area contributed by atoms with E-state index in [1.807, 2.05) is 0 Å². The highest BCUT2D eigenvalue weighted by Gasteiger charge is 2.46. The van der Waals surface area contributed by atoms with Crippen molar-refractivity contribution >= 4 is 110 Å². The van der Waals surface area contributed by atoms with Crippen molar-refractivity contribution in [3.8, 4) is 11.5 Å². The number of aromatic amines is 2. The van der Waals surface area contributed by atoms with Crippen LogP contribution >= 0.6 is 0 Å². The van der Waals surface area contributed by atoms with Crippen LogP contribution in [0.15, 0.2) is 134 Å². The second kappa shape index (κ2) is 46.4. The summed E-state index contributed by atoms with van der Waals surface area (Å²) in [6.45, 7) is -0.186. The number of hydrogen-bond donors (Lipinski definition) is 17. The summed E-state index contributed by atoms with van der Waals surface area (Å²) >= 11 is 0. The van der Waals surface area contributed by atoms with E-state index >= 15 is 38.4 Å². The number of primary amides is 1. The molecule has 1 saturated heterocycles. The molecule has 2 fully saturated rings. The Balaban J connectivity index is 1.18. The third-order valence-corrected chi connectivity index (χ3v) is 22.8. The minimum absolute atomic E-state index is 0.0381. The van der Waals surface area contributed by atoms with Gasteiger partial charge >= 0.3 is 5.97 Å². The highest BCUT2D eigenvalue weighted by molar-refractivity contribution is 6.01. The van der Waals surface area contributed by atoms with Crippen molar-refractivity contribution in [2.45, 2.75) is 195 Å². The fourth-order valence-electron chi connectivity index (χ4n) is 15.3. The molecule has 11 atom stereocenters. The van der Waals surface area contributed by atoms with Crippen molar-refractivity contribution in [1.82, 2.24) is 77.4 Å². The first kappa shape index (κ1) is 96.5. The van der Waals surface area contributed by atoms with Crippen molar-refractivity contribution in [3.05, 3.63) is 167 Å². The number of H-pyrrole nitrogens is 2. The predicted molar refractivity (Wildman–Crippen MR) is 460 cm³/mol. The van der Waals surface area contributed by atoms with Crippen LogP contribution in [0.5, 0.6) is 11.5 Å². The molecule has 0 unspecified atom stereocenters. The zero-order chi connectivity index (χ0) is 91.4. The number of carboxylic acid groups (broad SMARTS) is 1. The van der Waals surface area contributed by atoms with Gasteiger partial charge in [-0.15, -0.1) is 0 Å². The molecule has 1 saturated carbocycles. The minimum atomic E-state index is -1.90. The number of fused-ring (bicyclic) bond motifs is 2. The molecule has 5 aromatic carbocycles. The van der Waals surface area contributed by atoms with Crippen molar-refractivity contribution < 1.29 is 96.7 Å². The number of carbonyl (C=O) groups excluding carboxylic acids is 14. The van der Waals surface area contributed by atoms with Gasteiger partial charge in [0.25, 0.3) is 0 Å². The zero-order valence-electron chi connectivity index (χ0n) is 71.1. The number of amides is 14. The minimum Gasteiger partial charge on any atom is -0.508 e. The van der Waals surface area contributed by atoms with Gasteiger partial charge in [0.15, 0.2) is 0 Å². The van der Waals surface area contributed by atoms with Gasteiger partial charge < -0.3 is 109 Å². The quantitative estimate of drug-likeness (QED) is 0.0272. The number of aliphatic hydroxyl groups excluding tert-OH is 1. The predicted octanol–water partition coefficient (Wildman–Crippen LogP) is 1.29. The van der Waals surface area contributed by atoms with Crippen LogP contribution < -0.4 is 59.3 Å². The van der Waals surface area contributed by atoms with Gasteiger partial charge in [-0.2, -0.15) is 0 Å². The van der Waals surface area contributed by atoms with E-state index < -0.39 is 206 Å². The third-order valence-electron chi connectivity index (χ3n) is 22.8. The lowest BCUT2D eigenvalue weighted by molar-refractivity contribution is -0.150. The molecule has 1 aliphatic heterocycles. The van der Waals surface area contributed by atoms with Crippen LogP contribution in [-0.2, 0) is 104 Å². The number of nitrogens with two attached hydrogens (primary N) is 2. The summed E-state index contributed by atoms with van der Waals surface area (Å²) in [5, 5.41) is 67.3. The van der Waals surface area contributed by atoms with Gasteiger partial charge in [-0.1, -0.05) is 72.8 Å². The molecule has 1 aliphatic carbocycles. The standard InChI is InChI=1S/C89H114FN17O19/c1-51(109)93-41-14-12-22-71-84(121)101-68(45-57-48-95-64-36-35-60(111)46-62(57)64)82(119)100-69(44-56-47-94-63-19-10-9-18-61(56)63)83(120)103-78(55-29-30-55)89(126)107(5)74(88(125)106(4)73(43-54-24-31-58(90)32-25-54)85(122)98-65(79(92)116)20-11-13-40-91)49-96-75(112)23-15-21-66(97-76(113)38-39-77(114)115)80(117)99-67(42-53-26-33-59(110)34-27-53)81(118)102-70(50-108)86(123)105(3)72(87(124)104(71)2)37-28-52-16-7-6-8-17-52/h6-10,16-19,24-27,31-36,46-48,55,65-74,78,94-95,108,110-111H,11-15,20-23,28-30,37-45,49-50,91H2,1-5H3,(H2,92,116)(H,93,109)(H,96,112)(H,97,113)(H,98,122)(H,99,117)(H,100,119)(H,101,121)(H,102,118)(H,103,120)(H,114,115)/t65-,66-,67-,68-,69-,70-,71-,72-,73-,74-,78-/m0/s1. The molecule has 0 spiro atoms. The molecule has 126 heavy (non-hydrogen) atoms. The van der Waals surface area contributed by atoms with Crippen LogP contribution in [0.3, 0.4) is 0 Å². The monoisotopic (exact) mass is 1740 g/mol. The highest BCUT2D eigenvalue weighted by Crippen LogP contribution is 2.35. The van der Waals surface area contributed by atoms with Crippen LogP contribution in [0.1, 0.15) is 125 Å². The molecule has 676 valence electrons. The maximum Gasteiger partial charge on any atom is 0.303 e. The van der Waals surface area contributed by atoms with Gasteiger partial charge in [0.05, 0.1) is 13.0 Å². The van der Waals surface area contributed by atoms with Crippen molar-refractivity contribution in [2.75, 3.05) is 54.4 Å². The molecular formula is C89H114FN17O19. The van der Waals surface area contributed by atoms with E-state index in [1.54, 1.807) is 73.1 Å². The number of aromatic hydroxyl groups is 2. The van der Waals surface area contributed by atoms with E-state index in [4.69, 9.17) is 11.5 Å². The number of unbranched alkanes of at least 4 members (excludes halogenated alkanes) is 2. The lowest BCUT2D eigenvalue weighted by Crippen LogP contribution is -2.63. The molecule has 37 heteroatoms. The van der Waals surface area contributed by atoms with Gasteiger partial charge in [0.2, 0.25) is 82.7 Å². The maximum absolute atomic E-state index is 16.0. The molecule has 14 amide bonds. The van der Waals surface area contributed by atoms with Gasteiger partial charge in [-0.3, -0.25) is 71.9 Å². The Bertz CT molecular complexity index is 5010. The summed E-state index contributed by atoms with van der Waals surface area (Å²) < 4.78 is 14.6. The number of rotatable bonds is 31. The lowest BCUT2D eigenvalue weighted by atomic mass is 9.99. The molecule has 2 aliphatic rings. The Morgan fingerprint density at radius 2 is 1.20 bits per heavy atom. The Morgan fingerprint density at radius 3 is 1.84 bits per heavy atom. The fraction of sp³-hybridized carbons (Fsp3) is 0.449. The lowest BCUT2D eigenvalue weighted by Gasteiger charge is -2.36. The van der Waals surface area contributed by atoms with Gasteiger partial charge in [0.1, 0.15) is 83.8 Å². The molecule has 9 rings (SSSR count). The molecule has 0 bridgehead atoms. The van der Waals surface area contributed by atoms with Crippen LogP contribution in [0.4, 0.5) is 4.39 Å². The molecule has 2 aromatic heterocycles. The first-order valence-corrected chi connectivity index (χ1v) is 42.1. The van der Waals surface area contributed by atoms with Crippen molar-refractivity contribution in [2.24, 2.45) is 17.4 Å². The molecule has 19 N–H and O–H groups in total. The molecular weight excluding hydrogens is 1630 g/mol. The number of nitrogens with zero attached hydrogens (tertiary/aromatic N) is 4. The SMILES string of the molecule is CC(=O)NCCCC[C@H]1C(=O)N[C@@H](Cc2c[nH]c3ccc(O)cc23)C(=O)N[C@@H](Cc2c[nH]c3ccccc23)C(=O)N[C@@H](C2CC2)C(=O)N(C)[C@H](C(=O)N(C)[C@@H](Cc2ccc(F)cc2)C(=O)N[C@@H](CCCCN)C(N)=O)CNC(=O)CCC[C@H](NC(=O)CCC(=O)O)C(=O)N[C@@H](Cc2ccc(O)cc2)C(=O)N[C@@H](CO)C(=O)N(C)[C@@H](CCc2ccccc2)C(=O)N1C. The summed E-state index contributed by atoms with van der Waals surface area (Å²) in [6.07, 6.45) is 0.874. The fourth-order valence-corrected chi connectivity index (χ4v) is 15.3. The maximum atomic E-state index is 16.0. The number of hydrogen-bond acceptors (Lipinski definition) is 19. The number of benzene rings is 5. The number of carbonyl (C=O) groups is 15. The normalized spacial score (nSPS) is 20.9. The smallest absolute Gasteiger partial charge is 0.303 e. The van der Waals surface area contributed by atoms with E-state index in [0.717, 1.165) is 31.7 Å². The summed E-state index contributed by atoms with van der Waals surface area (Å²) in [7, 11) is 4.99. The number of halogens is 1. The summed E-state index contributed by atoms with van der Waals surface area (Å²) in [4.78, 5) is 231. The average molecular weight is 1740 g/mol. The first-order chi connectivity index (χ1) is 60.2. The van der Waals surface area contributed by atoms with E-state index in [9.17, 15) is 58.4 Å². The molecule has 36 nitrogen and oxygen atoms in total. The van der Waals surface area contributed by atoms with E-state index in [1.165, 1.54) is 83.6 Å². The number of likely N-dealkylation sites (N-methyl/N-ethyl adjacent to an activating group) is 4. The summed E-state index contributed by atoms with van der Waals surface area (Å²) in [5.41, 5.74) is 14.9. The molecule has 3 heterocycles. The number of aromatic nitrogens is 2. The number of nitrogens with one attached hydrogen (secondary N) is 11. The van der Waals surface area contributed by atoms with E-state index in [-0.39, 0.29) is 94.7 Å². The average Bonchev–Trinajstić information content (AvgIpc) is 1.75. The number of phenolic OH excluding ortho intramolecular Hbond substituents is 2. The van der Waals surface area contributed by atoms with Crippen molar-refractivity contribution in [1.29, 1.82) is 0 Å². The Labute approximate surface area is 727 Å². The van der Waals surface area contributed by atoms with Crippen LogP contribution in [0, 0.1) is 11.7 Å². The second-order valence-corrected chi connectivity index (χ2v) is 32.1. The van der Waals surface area contributed by atoms with Crippen LogP contribution in [0.25, 0.3) is 21.8 Å². The summed E-state index contributed by atoms with van der Waals surface area (Å²) in [5.74, 6) is -15.9. The van der Waals surface area contributed by atoms with Gasteiger partial charge in [-0.05, 0) is 166 Å². The number of para-hydroxylation sites is 1.